The van der Waals surface area contributed by atoms with Crippen molar-refractivity contribution in [2.24, 2.45) is 0 Å². The molecule has 0 heterocycles. The van der Waals surface area contributed by atoms with Gasteiger partial charge in [-0.2, -0.15) is 0 Å². The number of carbonyl (C=O) groups is 2. The van der Waals surface area contributed by atoms with E-state index >= 15 is 0 Å². The molecule has 1 amide bonds. The summed E-state index contributed by atoms with van der Waals surface area (Å²) in [5, 5.41) is 3.18. The van der Waals surface area contributed by atoms with Crippen molar-refractivity contribution in [1.82, 2.24) is 5.32 Å². The van der Waals surface area contributed by atoms with Crippen molar-refractivity contribution in [3.8, 4) is 0 Å². The maximum Gasteiger partial charge on any atom is 0.307 e. The molecule has 0 aromatic heterocycles. The van der Waals surface area contributed by atoms with Crippen molar-refractivity contribution in [2.75, 3.05) is 7.11 Å². The molecule has 0 aliphatic heterocycles. The number of ether oxygens (including phenoxy) is 1. The van der Waals surface area contributed by atoms with E-state index in [2.05, 4.69) is 37.2 Å². The van der Waals surface area contributed by atoms with Gasteiger partial charge in [-0.05, 0) is 35.9 Å². The average molecular weight is 476 g/mol. The first-order chi connectivity index (χ1) is 11.4. The first kappa shape index (κ1) is 19.0. The molecule has 1 unspecified atom stereocenters. The Morgan fingerprint density at radius 3 is 2.54 bits per heavy atom. The minimum Gasteiger partial charge on any atom is -0.469 e. The van der Waals surface area contributed by atoms with Crippen molar-refractivity contribution >= 4 is 55.3 Å². The summed E-state index contributed by atoms with van der Waals surface area (Å²) in [4.78, 5) is 24.3. The normalized spacial score (nSPS) is 11.7. The summed E-state index contributed by atoms with van der Waals surface area (Å²) < 4.78 is 6.32. The second-order valence-corrected chi connectivity index (χ2v) is 7.22. The Labute approximate surface area is 161 Å². The van der Waals surface area contributed by atoms with Crippen LogP contribution < -0.4 is 5.32 Å². The van der Waals surface area contributed by atoms with E-state index in [1.165, 1.54) is 7.11 Å². The van der Waals surface area contributed by atoms with Crippen LogP contribution in [0.3, 0.4) is 0 Å². The lowest BCUT2D eigenvalue weighted by atomic mass is 10.0. The minimum atomic E-state index is -0.530. The van der Waals surface area contributed by atoms with Gasteiger partial charge in [0.25, 0.3) is 5.91 Å². The van der Waals surface area contributed by atoms with Gasteiger partial charge in [0.1, 0.15) is 0 Å². The molecule has 0 saturated heterocycles. The molecule has 4 nitrogen and oxygen atoms in total. The summed E-state index contributed by atoms with van der Waals surface area (Å²) in [7, 11) is 1.31. The predicted molar refractivity (Wildman–Crippen MR) is 100 cm³/mol. The summed E-state index contributed by atoms with van der Waals surface area (Å²) in [6.45, 7) is 0. The van der Waals surface area contributed by atoms with Gasteiger partial charge in [-0.25, -0.2) is 0 Å². The van der Waals surface area contributed by atoms with Crippen molar-refractivity contribution in [2.45, 2.75) is 12.5 Å². The Kier molecular flexibility index (Phi) is 6.83. The van der Waals surface area contributed by atoms with E-state index in [0.717, 1.165) is 14.5 Å². The second kappa shape index (κ2) is 8.65. The third-order valence-electron chi connectivity index (χ3n) is 3.33. The van der Waals surface area contributed by atoms with E-state index in [4.69, 9.17) is 16.3 Å². The fourth-order valence-corrected chi connectivity index (χ4v) is 3.11. The maximum atomic E-state index is 12.6. The molecular formula is C17H14Br2ClNO3. The number of benzene rings is 2. The van der Waals surface area contributed by atoms with Crippen LogP contribution in [0.2, 0.25) is 5.02 Å². The van der Waals surface area contributed by atoms with Gasteiger partial charge in [0.2, 0.25) is 0 Å². The molecule has 1 atom stereocenters. The average Bonchev–Trinajstić information content (AvgIpc) is 2.56. The molecule has 0 radical (unpaired) electrons. The van der Waals surface area contributed by atoms with Crippen LogP contribution in [-0.4, -0.2) is 19.0 Å². The fraction of sp³-hybridized carbons (Fsp3) is 0.176. The molecular weight excluding hydrogens is 461 g/mol. The zero-order chi connectivity index (χ0) is 17.7. The van der Waals surface area contributed by atoms with Gasteiger partial charge in [0.15, 0.2) is 0 Å². The molecule has 1 N–H and O–H groups in total. The Hall–Kier alpha value is -1.37. The maximum absolute atomic E-state index is 12.6. The van der Waals surface area contributed by atoms with E-state index in [1.807, 2.05) is 24.3 Å². The van der Waals surface area contributed by atoms with Crippen molar-refractivity contribution in [1.29, 1.82) is 0 Å². The van der Waals surface area contributed by atoms with Gasteiger partial charge in [0, 0.05) is 8.95 Å². The topological polar surface area (TPSA) is 55.4 Å². The van der Waals surface area contributed by atoms with Crippen LogP contribution in [0.15, 0.2) is 51.4 Å². The molecule has 126 valence electrons. The molecule has 2 aromatic carbocycles. The lowest BCUT2D eigenvalue weighted by molar-refractivity contribution is -0.141. The van der Waals surface area contributed by atoms with Crippen LogP contribution >= 0.6 is 43.5 Å². The molecule has 0 saturated carbocycles. The first-order valence-electron chi connectivity index (χ1n) is 6.99. The molecule has 0 aliphatic carbocycles. The van der Waals surface area contributed by atoms with Crippen molar-refractivity contribution in [3.05, 3.63) is 67.6 Å². The SMILES string of the molecule is COC(=O)CC(NC(=O)c1cc(Br)ccc1Cl)c1cccc(Br)c1. The molecule has 2 rings (SSSR count). The predicted octanol–water partition coefficient (Wildman–Crippen LogP) is 4.90. The summed E-state index contributed by atoms with van der Waals surface area (Å²) in [5.74, 6) is -0.782. The van der Waals surface area contributed by atoms with Crippen LogP contribution in [-0.2, 0) is 9.53 Å². The highest BCUT2D eigenvalue weighted by molar-refractivity contribution is 9.10. The zero-order valence-electron chi connectivity index (χ0n) is 12.7. The Morgan fingerprint density at radius 1 is 1.17 bits per heavy atom. The Morgan fingerprint density at radius 2 is 1.88 bits per heavy atom. The third kappa shape index (κ3) is 5.06. The lowest BCUT2D eigenvalue weighted by Crippen LogP contribution is -2.30. The van der Waals surface area contributed by atoms with Crippen LogP contribution in [0, 0.1) is 0 Å². The summed E-state index contributed by atoms with van der Waals surface area (Å²) >= 11 is 12.8. The third-order valence-corrected chi connectivity index (χ3v) is 4.64. The smallest absolute Gasteiger partial charge is 0.307 e. The summed E-state index contributed by atoms with van der Waals surface area (Å²) in [6, 6.07) is 11.9. The molecule has 24 heavy (non-hydrogen) atoms. The highest BCUT2D eigenvalue weighted by atomic mass is 79.9. The molecule has 0 spiro atoms. The quantitative estimate of drug-likeness (QED) is 0.626. The van der Waals surface area contributed by atoms with Gasteiger partial charge in [-0.3, -0.25) is 9.59 Å². The highest BCUT2D eigenvalue weighted by Crippen LogP contribution is 2.25. The van der Waals surface area contributed by atoms with E-state index in [9.17, 15) is 9.59 Å². The number of rotatable bonds is 5. The van der Waals surface area contributed by atoms with Crippen LogP contribution in [0.1, 0.15) is 28.4 Å². The summed E-state index contributed by atoms with van der Waals surface area (Å²) in [5.41, 5.74) is 1.12. The van der Waals surface area contributed by atoms with Crippen molar-refractivity contribution < 1.29 is 14.3 Å². The fourth-order valence-electron chi connectivity index (χ4n) is 2.13. The van der Waals surface area contributed by atoms with Gasteiger partial charge < -0.3 is 10.1 Å². The summed E-state index contributed by atoms with van der Waals surface area (Å²) in [6.07, 6.45) is 0.0182. The van der Waals surface area contributed by atoms with E-state index in [1.54, 1.807) is 18.2 Å². The first-order valence-corrected chi connectivity index (χ1v) is 8.95. The molecule has 0 bridgehead atoms. The van der Waals surface area contributed by atoms with Gasteiger partial charge >= 0.3 is 5.97 Å². The van der Waals surface area contributed by atoms with Crippen LogP contribution in [0.25, 0.3) is 0 Å². The molecule has 2 aromatic rings. The Bertz CT molecular complexity index is 767. The van der Waals surface area contributed by atoms with Gasteiger partial charge in [0.05, 0.1) is 30.2 Å². The van der Waals surface area contributed by atoms with Gasteiger partial charge in [-0.1, -0.05) is 55.6 Å². The Balaban J connectivity index is 2.29. The van der Waals surface area contributed by atoms with E-state index in [0.29, 0.717) is 10.6 Å². The van der Waals surface area contributed by atoms with Crippen molar-refractivity contribution in [3.63, 3.8) is 0 Å². The molecule has 0 fully saturated rings. The monoisotopic (exact) mass is 473 g/mol. The van der Waals surface area contributed by atoms with Crippen LogP contribution in [0.4, 0.5) is 0 Å². The van der Waals surface area contributed by atoms with Crippen LogP contribution in [0.5, 0.6) is 0 Å². The highest BCUT2D eigenvalue weighted by Gasteiger charge is 2.21. The number of carbonyl (C=O) groups excluding carboxylic acids is 2. The largest absolute Gasteiger partial charge is 0.469 e. The second-order valence-electron chi connectivity index (χ2n) is 4.99. The number of methoxy groups -OCH3 is 1. The van der Waals surface area contributed by atoms with Gasteiger partial charge in [-0.15, -0.1) is 0 Å². The lowest BCUT2D eigenvalue weighted by Gasteiger charge is -2.19. The number of hydrogen-bond acceptors (Lipinski definition) is 3. The number of amides is 1. The zero-order valence-corrected chi connectivity index (χ0v) is 16.6. The van der Waals surface area contributed by atoms with E-state index < -0.39 is 12.0 Å². The van der Waals surface area contributed by atoms with E-state index in [-0.39, 0.29) is 12.3 Å². The molecule has 0 aliphatic rings. The molecule has 7 heteroatoms. The standard InChI is InChI=1S/C17H14Br2ClNO3/c1-24-16(22)9-15(10-3-2-4-11(18)7-10)21-17(23)13-8-12(19)5-6-14(13)20/h2-8,15H,9H2,1H3,(H,21,23). The number of hydrogen-bond donors (Lipinski definition) is 1. The minimum absolute atomic E-state index is 0.0182. The number of nitrogens with one attached hydrogen (secondary N) is 1. The number of halogens is 3. The number of esters is 1.